The maximum atomic E-state index is 12.7. The predicted molar refractivity (Wildman–Crippen MR) is 124 cm³/mol. The van der Waals surface area contributed by atoms with E-state index >= 15 is 0 Å². The van der Waals surface area contributed by atoms with Gasteiger partial charge in [-0.3, -0.25) is 9.59 Å². The van der Waals surface area contributed by atoms with Gasteiger partial charge >= 0.3 is 12.1 Å². The number of alkyl carbamates (subject to hydrolysis) is 1. The zero-order valence-corrected chi connectivity index (χ0v) is 18.9. The van der Waals surface area contributed by atoms with Gasteiger partial charge in [0.1, 0.15) is 12.6 Å². The van der Waals surface area contributed by atoms with Crippen LogP contribution in [-0.2, 0) is 14.3 Å². The van der Waals surface area contributed by atoms with Crippen molar-refractivity contribution in [2.24, 2.45) is 17.8 Å². The summed E-state index contributed by atoms with van der Waals surface area (Å²) in [6.07, 6.45) is 0.638. The van der Waals surface area contributed by atoms with Crippen LogP contribution >= 0.6 is 0 Å². The molecule has 0 saturated heterocycles. The molecule has 33 heavy (non-hydrogen) atoms. The molecule has 0 aromatic heterocycles. The lowest BCUT2D eigenvalue weighted by atomic mass is 9.98. The van der Waals surface area contributed by atoms with Crippen molar-refractivity contribution in [2.45, 2.75) is 38.6 Å². The van der Waals surface area contributed by atoms with Crippen molar-refractivity contribution in [3.8, 4) is 11.1 Å². The fourth-order valence-corrected chi connectivity index (χ4v) is 4.59. The molecule has 0 aliphatic heterocycles. The normalized spacial score (nSPS) is 20.2. The summed E-state index contributed by atoms with van der Waals surface area (Å²) in [6.45, 7) is 4.32. The van der Waals surface area contributed by atoms with E-state index in [9.17, 15) is 14.4 Å². The van der Waals surface area contributed by atoms with Crippen molar-refractivity contribution in [2.75, 3.05) is 13.2 Å². The number of hydrogen-bond acceptors (Lipinski definition) is 4. The van der Waals surface area contributed by atoms with Crippen molar-refractivity contribution < 1.29 is 24.2 Å². The van der Waals surface area contributed by atoms with Gasteiger partial charge in [-0.2, -0.15) is 0 Å². The standard InChI is InChI=1S/C26H30N2O5/c1-3-15(2)23(24(29)27-13-16-12-21(16)25(30)31)28-26(32)33-14-22-19-10-6-4-8-17(19)18-9-5-7-11-20(18)22/h4-11,15-16,21-23H,3,12-14H2,1-2H3,(H,27,29)(H,28,32)(H,30,31)/t15-,16?,21?,23-/m0/s1. The van der Waals surface area contributed by atoms with Gasteiger partial charge in [-0.25, -0.2) is 4.79 Å². The van der Waals surface area contributed by atoms with Crippen LogP contribution in [0.2, 0.25) is 0 Å². The number of carboxylic acids is 1. The summed E-state index contributed by atoms with van der Waals surface area (Å²) in [5.41, 5.74) is 4.55. The highest BCUT2D eigenvalue weighted by atomic mass is 16.5. The zero-order chi connectivity index (χ0) is 23.5. The van der Waals surface area contributed by atoms with Crippen molar-refractivity contribution in [1.29, 1.82) is 0 Å². The van der Waals surface area contributed by atoms with Crippen molar-refractivity contribution >= 4 is 18.0 Å². The third-order valence-electron chi connectivity index (χ3n) is 6.89. The van der Waals surface area contributed by atoms with Crippen LogP contribution in [0.5, 0.6) is 0 Å². The number of rotatable bonds is 9. The molecule has 2 aliphatic rings. The van der Waals surface area contributed by atoms with E-state index in [0.717, 1.165) is 22.3 Å². The molecule has 4 atom stereocenters. The molecule has 2 amide bonds. The van der Waals surface area contributed by atoms with Crippen molar-refractivity contribution in [3.05, 3.63) is 59.7 Å². The number of hydrogen-bond donors (Lipinski definition) is 3. The van der Waals surface area contributed by atoms with Gasteiger partial charge < -0.3 is 20.5 Å². The zero-order valence-electron chi connectivity index (χ0n) is 18.9. The van der Waals surface area contributed by atoms with E-state index in [4.69, 9.17) is 9.84 Å². The minimum absolute atomic E-state index is 0.0431. The average molecular weight is 451 g/mol. The van der Waals surface area contributed by atoms with Gasteiger partial charge in [0.15, 0.2) is 0 Å². The topological polar surface area (TPSA) is 105 Å². The third-order valence-corrected chi connectivity index (χ3v) is 6.89. The van der Waals surface area contributed by atoms with E-state index in [2.05, 4.69) is 34.9 Å². The molecular formula is C26H30N2O5. The number of carbonyl (C=O) groups is 3. The second-order valence-electron chi connectivity index (χ2n) is 9.02. The molecule has 0 radical (unpaired) electrons. The Morgan fingerprint density at radius 3 is 2.21 bits per heavy atom. The summed E-state index contributed by atoms with van der Waals surface area (Å²) in [5.74, 6) is -1.72. The van der Waals surface area contributed by atoms with E-state index in [-0.39, 0.29) is 36.2 Å². The van der Waals surface area contributed by atoms with Crippen LogP contribution in [-0.4, -0.2) is 42.3 Å². The van der Waals surface area contributed by atoms with Gasteiger partial charge in [0.25, 0.3) is 0 Å². The fraction of sp³-hybridized carbons (Fsp3) is 0.423. The van der Waals surface area contributed by atoms with Crippen LogP contribution in [0.3, 0.4) is 0 Å². The van der Waals surface area contributed by atoms with Crippen LogP contribution in [0, 0.1) is 17.8 Å². The third kappa shape index (κ3) is 4.87. The van der Waals surface area contributed by atoms with Crippen molar-refractivity contribution in [1.82, 2.24) is 10.6 Å². The van der Waals surface area contributed by atoms with Crippen LogP contribution < -0.4 is 10.6 Å². The Kier molecular flexibility index (Phi) is 6.67. The first-order valence-electron chi connectivity index (χ1n) is 11.5. The van der Waals surface area contributed by atoms with Gasteiger partial charge in [-0.15, -0.1) is 0 Å². The molecule has 3 N–H and O–H groups in total. The largest absolute Gasteiger partial charge is 0.481 e. The summed E-state index contributed by atoms with van der Waals surface area (Å²) in [7, 11) is 0. The van der Waals surface area contributed by atoms with Crippen LogP contribution in [0.4, 0.5) is 4.79 Å². The monoisotopic (exact) mass is 450 g/mol. The fourth-order valence-electron chi connectivity index (χ4n) is 4.59. The minimum atomic E-state index is -0.829. The highest BCUT2D eigenvalue weighted by Crippen LogP contribution is 2.44. The number of ether oxygens (including phenoxy) is 1. The minimum Gasteiger partial charge on any atom is -0.481 e. The molecule has 1 fully saturated rings. The van der Waals surface area contributed by atoms with Gasteiger partial charge in [0.05, 0.1) is 5.92 Å². The Hall–Kier alpha value is -3.35. The molecule has 1 saturated carbocycles. The lowest BCUT2D eigenvalue weighted by Gasteiger charge is -2.24. The number of fused-ring (bicyclic) bond motifs is 3. The summed E-state index contributed by atoms with van der Waals surface area (Å²) < 4.78 is 5.59. The van der Waals surface area contributed by atoms with E-state index in [1.54, 1.807) is 0 Å². The number of aliphatic carboxylic acids is 1. The molecule has 7 heteroatoms. The number of nitrogens with one attached hydrogen (secondary N) is 2. The van der Waals surface area contributed by atoms with Crippen molar-refractivity contribution in [3.63, 3.8) is 0 Å². The molecule has 2 unspecified atom stereocenters. The lowest BCUT2D eigenvalue weighted by molar-refractivity contribution is -0.139. The predicted octanol–water partition coefficient (Wildman–Crippen LogP) is 3.78. The van der Waals surface area contributed by atoms with E-state index < -0.39 is 18.1 Å². The highest BCUT2D eigenvalue weighted by molar-refractivity contribution is 5.86. The maximum absolute atomic E-state index is 12.7. The molecule has 0 heterocycles. The summed E-state index contributed by atoms with van der Waals surface area (Å²) in [4.78, 5) is 36.4. The summed E-state index contributed by atoms with van der Waals surface area (Å²) >= 11 is 0. The van der Waals surface area contributed by atoms with Crippen LogP contribution in [0.15, 0.2) is 48.5 Å². The molecule has 2 aromatic rings. The molecule has 7 nitrogen and oxygen atoms in total. The molecule has 2 aromatic carbocycles. The van der Waals surface area contributed by atoms with Gasteiger partial charge in [-0.05, 0) is 40.5 Å². The Balaban J connectivity index is 1.36. The molecule has 4 rings (SSSR count). The van der Waals surface area contributed by atoms with Crippen LogP contribution in [0.25, 0.3) is 11.1 Å². The van der Waals surface area contributed by atoms with Gasteiger partial charge in [0, 0.05) is 12.5 Å². The molecule has 174 valence electrons. The molecule has 2 aliphatic carbocycles. The van der Waals surface area contributed by atoms with E-state index in [0.29, 0.717) is 19.4 Å². The number of amides is 2. The first-order valence-corrected chi connectivity index (χ1v) is 11.5. The Morgan fingerprint density at radius 2 is 1.67 bits per heavy atom. The van der Waals surface area contributed by atoms with Gasteiger partial charge in [-0.1, -0.05) is 68.8 Å². The second-order valence-corrected chi connectivity index (χ2v) is 9.02. The smallest absolute Gasteiger partial charge is 0.407 e. The maximum Gasteiger partial charge on any atom is 0.407 e. The Bertz CT molecular complexity index is 1010. The summed E-state index contributed by atoms with van der Waals surface area (Å²) in [6, 6.07) is 15.5. The first kappa shape index (κ1) is 22.8. The molecular weight excluding hydrogens is 420 g/mol. The quantitative estimate of drug-likeness (QED) is 0.539. The summed E-state index contributed by atoms with van der Waals surface area (Å²) in [5, 5.41) is 14.6. The van der Waals surface area contributed by atoms with Crippen LogP contribution in [0.1, 0.15) is 43.7 Å². The van der Waals surface area contributed by atoms with E-state index in [1.807, 2.05) is 38.1 Å². The first-order chi connectivity index (χ1) is 15.9. The van der Waals surface area contributed by atoms with E-state index in [1.165, 1.54) is 0 Å². The molecule has 0 bridgehead atoms. The Labute approximate surface area is 193 Å². The molecule has 0 spiro atoms. The lowest BCUT2D eigenvalue weighted by Crippen LogP contribution is -2.50. The SMILES string of the molecule is CC[C@H](C)[C@H](NC(=O)OCC1c2ccccc2-c2ccccc21)C(=O)NCC1CC1C(=O)O. The Morgan fingerprint density at radius 1 is 1.06 bits per heavy atom. The number of carboxylic acid groups (broad SMARTS) is 1. The number of benzene rings is 2. The van der Waals surface area contributed by atoms with Gasteiger partial charge in [0.2, 0.25) is 5.91 Å². The second kappa shape index (κ2) is 9.65. The number of carbonyl (C=O) groups excluding carboxylic acids is 2. The highest BCUT2D eigenvalue weighted by Gasteiger charge is 2.43. The average Bonchev–Trinajstić information content (AvgIpc) is 3.55.